The van der Waals surface area contributed by atoms with Crippen molar-refractivity contribution in [3.05, 3.63) is 36.3 Å². The van der Waals surface area contributed by atoms with Crippen molar-refractivity contribution < 1.29 is 0 Å². The predicted molar refractivity (Wildman–Crippen MR) is 76.6 cm³/mol. The highest BCUT2D eigenvalue weighted by Gasteiger charge is 2.04. The van der Waals surface area contributed by atoms with Crippen LogP contribution in [0.4, 0.5) is 5.82 Å². The number of thiazole rings is 1. The van der Waals surface area contributed by atoms with Crippen molar-refractivity contribution in [1.29, 1.82) is 0 Å². The van der Waals surface area contributed by atoms with Crippen LogP contribution < -0.4 is 10.9 Å². The highest BCUT2D eigenvalue weighted by molar-refractivity contribution is 14.1. The quantitative estimate of drug-likeness (QED) is 0.814. The smallest absolute Gasteiger partial charge is 0.266 e. The van der Waals surface area contributed by atoms with Crippen molar-refractivity contribution in [1.82, 2.24) is 15.0 Å². The molecule has 0 bridgehead atoms. The number of nitrogens with zero attached hydrogens (tertiary/aromatic N) is 2. The van der Waals surface area contributed by atoms with Gasteiger partial charge in [-0.1, -0.05) is 0 Å². The van der Waals surface area contributed by atoms with Gasteiger partial charge in [0, 0.05) is 18.3 Å². The fourth-order valence-electron chi connectivity index (χ4n) is 1.34. The average Bonchev–Trinajstić information content (AvgIpc) is 2.70. The number of hydrogen-bond acceptors (Lipinski definition) is 5. The van der Waals surface area contributed by atoms with Gasteiger partial charge in [-0.2, -0.15) is 0 Å². The highest BCUT2D eigenvalue weighted by atomic mass is 127. The van der Waals surface area contributed by atoms with Gasteiger partial charge in [0.2, 0.25) is 0 Å². The Kier molecular flexibility index (Phi) is 4.11. The van der Waals surface area contributed by atoms with Gasteiger partial charge in [-0.05, 0) is 29.5 Å². The van der Waals surface area contributed by atoms with E-state index in [-0.39, 0.29) is 5.56 Å². The third-order valence-corrected chi connectivity index (χ3v) is 3.96. The number of aromatic amines is 1. The molecule has 0 spiro atoms. The molecule has 0 saturated heterocycles. The lowest BCUT2D eigenvalue weighted by Crippen LogP contribution is -2.16. The molecular formula is C10H11IN4OS. The summed E-state index contributed by atoms with van der Waals surface area (Å²) >= 11 is 3.63. The van der Waals surface area contributed by atoms with E-state index in [0.717, 1.165) is 23.7 Å². The molecule has 7 heteroatoms. The second kappa shape index (κ2) is 5.58. The van der Waals surface area contributed by atoms with E-state index < -0.39 is 0 Å². The summed E-state index contributed by atoms with van der Waals surface area (Å²) in [6.45, 7) is 2.71. The molecule has 0 radical (unpaired) electrons. The van der Waals surface area contributed by atoms with Gasteiger partial charge in [-0.25, -0.2) is 9.97 Å². The minimum atomic E-state index is -0.118. The van der Waals surface area contributed by atoms with Crippen LogP contribution >= 0.6 is 33.9 Å². The first kappa shape index (κ1) is 12.5. The van der Waals surface area contributed by atoms with Crippen molar-refractivity contribution in [2.75, 3.05) is 11.9 Å². The van der Waals surface area contributed by atoms with E-state index in [0.29, 0.717) is 9.39 Å². The summed E-state index contributed by atoms with van der Waals surface area (Å²) in [6.07, 6.45) is 2.23. The molecule has 17 heavy (non-hydrogen) atoms. The molecule has 2 aromatic rings. The number of anilines is 1. The first-order chi connectivity index (χ1) is 8.16. The summed E-state index contributed by atoms with van der Waals surface area (Å²) in [6, 6.07) is 0. The van der Waals surface area contributed by atoms with Crippen LogP contribution in [0.2, 0.25) is 0 Å². The van der Waals surface area contributed by atoms with Crippen molar-refractivity contribution in [3.8, 4) is 0 Å². The Labute approximate surface area is 116 Å². The maximum atomic E-state index is 11.3. The highest BCUT2D eigenvalue weighted by Crippen LogP contribution is 2.10. The molecule has 0 fully saturated rings. The number of H-pyrrole nitrogens is 1. The lowest BCUT2D eigenvalue weighted by atomic mass is 10.3. The van der Waals surface area contributed by atoms with E-state index in [2.05, 4.69) is 20.3 Å². The van der Waals surface area contributed by atoms with Crippen molar-refractivity contribution in [2.24, 2.45) is 0 Å². The Balaban J connectivity index is 1.94. The summed E-state index contributed by atoms with van der Waals surface area (Å²) < 4.78 is 0.583. The molecule has 0 aromatic carbocycles. The zero-order valence-electron chi connectivity index (χ0n) is 9.16. The molecule has 2 aromatic heterocycles. The molecule has 0 aliphatic carbocycles. The first-order valence-electron chi connectivity index (χ1n) is 5.05. The van der Waals surface area contributed by atoms with Crippen molar-refractivity contribution >= 4 is 39.7 Å². The van der Waals surface area contributed by atoms with Gasteiger partial charge in [-0.15, -0.1) is 11.3 Å². The minimum absolute atomic E-state index is 0.118. The summed E-state index contributed by atoms with van der Waals surface area (Å²) in [4.78, 5) is 22.3. The maximum Gasteiger partial charge on any atom is 0.266 e. The third-order valence-electron chi connectivity index (χ3n) is 2.14. The largest absolute Gasteiger partial charge is 0.369 e. The normalized spacial score (nSPS) is 10.5. The maximum absolute atomic E-state index is 11.3. The summed E-state index contributed by atoms with van der Waals surface area (Å²) in [5.41, 5.74) is 0.951. The van der Waals surface area contributed by atoms with Crippen LogP contribution in [0.25, 0.3) is 0 Å². The summed E-state index contributed by atoms with van der Waals surface area (Å²) in [5, 5.41) is 6.26. The number of aryl methyl sites for hydroxylation is 1. The van der Waals surface area contributed by atoms with Crippen molar-refractivity contribution in [3.63, 3.8) is 0 Å². The molecule has 0 saturated carbocycles. The molecule has 0 amide bonds. The zero-order valence-corrected chi connectivity index (χ0v) is 12.1. The van der Waals surface area contributed by atoms with Gasteiger partial charge in [0.15, 0.2) is 0 Å². The minimum Gasteiger partial charge on any atom is -0.369 e. The number of hydrogen-bond donors (Lipinski definition) is 2. The van der Waals surface area contributed by atoms with E-state index in [1.54, 1.807) is 11.3 Å². The number of rotatable bonds is 4. The van der Waals surface area contributed by atoms with Crippen LogP contribution in [0.1, 0.15) is 10.7 Å². The molecule has 0 atom stereocenters. The van der Waals surface area contributed by atoms with E-state index in [1.165, 1.54) is 6.33 Å². The summed E-state index contributed by atoms with van der Waals surface area (Å²) in [7, 11) is 0. The van der Waals surface area contributed by atoms with Gasteiger partial charge >= 0.3 is 0 Å². The molecule has 5 nitrogen and oxygen atoms in total. The van der Waals surface area contributed by atoms with Gasteiger partial charge in [0.1, 0.15) is 9.39 Å². The molecule has 0 unspecified atom stereocenters. The monoisotopic (exact) mass is 362 g/mol. The van der Waals surface area contributed by atoms with Crippen LogP contribution in [0.3, 0.4) is 0 Å². The molecule has 2 N–H and O–H groups in total. The molecule has 0 aliphatic rings. The van der Waals surface area contributed by atoms with Crippen LogP contribution in [-0.2, 0) is 6.42 Å². The Hall–Kier alpha value is -0.960. The van der Waals surface area contributed by atoms with Gasteiger partial charge in [0.05, 0.1) is 17.0 Å². The second-order valence-corrected chi connectivity index (χ2v) is 5.57. The van der Waals surface area contributed by atoms with Gasteiger partial charge in [0.25, 0.3) is 5.56 Å². The van der Waals surface area contributed by atoms with Gasteiger partial charge in [-0.3, -0.25) is 4.79 Å². The molecule has 2 rings (SSSR count). The molecule has 90 valence electrons. The Morgan fingerprint density at radius 1 is 1.59 bits per heavy atom. The molecular weight excluding hydrogens is 351 g/mol. The average molecular weight is 362 g/mol. The standard InChI is InChI=1S/C10H11IN4OS/c1-6-15-7(4-17-6)2-3-12-9-8(11)10(16)14-5-13-9/h4-5H,2-3H2,1H3,(H2,12,13,14,16). The van der Waals surface area contributed by atoms with Gasteiger partial charge < -0.3 is 10.3 Å². The Bertz CT molecular complexity index is 565. The number of halogens is 1. The van der Waals surface area contributed by atoms with E-state index >= 15 is 0 Å². The third kappa shape index (κ3) is 3.25. The number of nitrogens with one attached hydrogen (secondary N) is 2. The van der Waals surface area contributed by atoms with Crippen LogP contribution in [-0.4, -0.2) is 21.5 Å². The molecule has 2 heterocycles. The number of aromatic nitrogens is 3. The zero-order chi connectivity index (χ0) is 12.3. The van der Waals surface area contributed by atoms with E-state index in [1.807, 2.05) is 34.9 Å². The van der Waals surface area contributed by atoms with E-state index in [9.17, 15) is 4.79 Å². The Morgan fingerprint density at radius 3 is 3.12 bits per heavy atom. The molecule has 0 aliphatic heterocycles. The van der Waals surface area contributed by atoms with E-state index in [4.69, 9.17) is 0 Å². The predicted octanol–water partition coefficient (Wildman–Crippen LogP) is 1.79. The topological polar surface area (TPSA) is 70.7 Å². The Morgan fingerprint density at radius 2 is 2.41 bits per heavy atom. The fourth-order valence-corrected chi connectivity index (χ4v) is 2.47. The lowest BCUT2D eigenvalue weighted by molar-refractivity contribution is 0.951. The fraction of sp³-hybridized carbons (Fsp3) is 0.300. The lowest BCUT2D eigenvalue weighted by Gasteiger charge is -2.04. The van der Waals surface area contributed by atoms with Crippen LogP contribution in [0.15, 0.2) is 16.5 Å². The SMILES string of the molecule is Cc1nc(CCNc2nc[nH]c(=O)c2I)cs1. The first-order valence-corrected chi connectivity index (χ1v) is 7.00. The second-order valence-electron chi connectivity index (χ2n) is 3.43. The van der Waals surface area contributed by atoms with Crippen molar-refractivity contribution in [2.45, 2.75) is 13.3 Å². The van der Waals surface area contributed by atoms with Crippen LogP contribution in [0, 0.1) is 10.5 Å². The summed E-state index contributed by atoms with van der Waals surface area (Å²) in [5.74, 6) is 0.626. The van der Waals surface area contributed by atoms with Crippen LogP contribution in [0.5, 0.6) is 0 Å².